The van der Waals surface area contributed by atoms with Crippen molar-refractivity contribution in [3.63, 3.8) is 0 Å². The Morgan fingerprint density at radius 3 is 2.53 bits per heavy atom. The molecule has 0 unspecified atom stereocenters. The van der Waals surface area contributed by atoms with Crippen molar-refractivity contribution in [2.24, 2.45) is 0 Å². The second-order valence-electron chi connectivity index (χ2n) is 8.00. The summed E-state index contributed by atoms with van der Waals surface area (Å²) in [6.45, 7) is 2.92. The third-order valence-electron chi connectivity index (χ3n) is 5.93. The topological polar surface area (TPSA) is 40.6 Å². The summed E-state index contributed by atoms with van der Waals surface area (Å²) in [7, 11) is 0. The zero-order valence-electron chi connectivity index (χ0n) is 17.3. The summed E-state index contributed by atoms with van der Waals surface area (Å²) in [5, 5.41) is 1.02. The number of hydrogen-bond donors (Lipinski definition) is 0. The van der Waals surface area contributed by atoms with Gasteiger partial charge in [-0.1, -0.05) is 59.1 Å². The minimum absolute atomic E-state index is 0.117. The van der Waals surface area contributed by atoms with E-state index < -0.39 is 4.87 Å². The van der Waals surface area contributed by atoms with Gasteiger partial charge in [0.25, 0.3) is 11.8 Å². The zero-order valence-corrected chi connectivity index (χ0v) is 19.7. The largest absolute Gasteiger partial charge is 0.311 e. The Kier molecular flexibility index (Phi) is 5.44. The molecule has 7 heteroatoms. The number of fused-ring (bicyclic) bond motifs is 2. The highest BCUT2D eigenvalue weighted by molar-refractivity contribution is 8.01. The van der Waals surface area contributed by atoms with Crippen molar-refractivity contribution in [3.8, 4) is 0 Å². The predicted molar refractivity (Wildman–Crippen MR) is 130 cm³/mol. The van der Waals surface area contributed by atoms with Crippen LogP contribution in [0.4, 0.5) is 5.69 Å². The molecule has 3 aromatic rings. The van der Waals surface area contributed by atoms with Gasteiger partial charge in [-0.25, -0.2) is 0 Å². The van der Waals surface area contributed by atoms with Gasteiger partial charge in [0.15, 0.2) is 4.87 Å². The minimum atomic E-state index is -1.13. The lowest BCUT2D eigenvalue weighted by molar-refractivity contribution is -0.123. The Balaban J connectivity index is 1.59. The van der Waals surface area contributed by atoms with Crippen LogP contribution in [0.2, 0.25) is 10.0 Å². The van der Waals surface area contributed by atoms with Crippen molar-refractivity contribution in [2.45, 2.75) is 18.3 Å². The molecular formula is C25H20Cl2N2O2S. The van der Waals surface area contributed by atoms with Crippen LogP contribution >= 0.6 is 35.0 Å². The summed E-state index contributed by atoms with van der Waals surface area (Å²) in [6.07, 6.45) is 0. The quantitative estimate of drug-likeness (QED) is 0.467. The van der Waals surface area contributed by atoms with Gasteiger partial charge >= 0.3 is 0 Å². The maximum absolute atomic E-state index is 14.0. The maximum Gasteiger partial charge on any atom is 0.268 e. The fourth-order valence-electron chi connectivity index (χ4n) is 4.40. The number of halogens is 2. The molecule has 3 aromatic carbocycles. The second kappa shape index (κ2) is 8.14. The van der Waals surface area contributed by atoms with E-state index in [-0.39, 0.29) is 11.8 Å². The van der Waals surface area contributed by atoms with E-state index in [0.717, 1.165) is 22.4 Å². The highest BCUT2D eigenvalue weighted by Crippen LogP contribution is 2.55. The van der Waals surface area contributed by atoms with Gasteiger partial charge in [0.1, 0.15) is 0 Å². The molecule has 2 aliphatic rings. The molecule has 4 nitrogen and oxygen atoms in total. The molecule has 32 heavy (non-hydrogen) atoms. The molecule has 2 heterocycles. The number of amides is 2. The Hall–Kier alpha value is -2.47. The van der Waals surface area contributed by atoms with Crippen LogP contribution in [0.5, 0.6) is 0 Å². The van der Waals surface area contributed by atoms with Gasteiger partial charge in [-0.3, -0.25) is 9.59 Å². The van der Waals surface area contributed by atoms with E-state index >= 15 is 0 Å². The lowest BCUT2D eigenvalue weighted by Crippen LogP contribution is -2.50. The standard InChI is InChI=1S/C25H20Cl2N2O2S/c1-16-5-7-17(8-6-16)15-28-22-10-9-20(27)14-21(22)25(24(28)31)29(11-12-32-25)23(30)18-3-2-4-19(26)13-18/h2-10,13-14H,11-12,15H2,1H3/t25-/m0/s1. The van der Waals surface area contributed by atoms with Crippen molar-refractivity contribution >= 4 is 52.5 Å². The monoisotopic (exact) mass is 482 g/mol. The molecule has 0 aromatic heterocycles. The number of anilines is 1. The second-order valence-corrected chi connectivity index (χ2v) is 10.2. The molecule has 0 saturated carbocycles. The first-order chi connectivity index (χ1) is 15.4. The van der Waals surface area contributed by atoms with E-state index in [2.05, 4.69) is 0 Å². The summed E-state index contributed by atoms with van der Waals surface area (Å²) in [4.78, 5) is 29.9. The normalized spacial score (nSPS) is 19.7. The average Bonchev–Trinajstić information content (AvgIpc) is 3.32. The number of carbonyl (C=O) groups is 2. The number of hydrogen-bond acceptors (Lipinski definition) is 3. The van der Waals surface area contributed by atoms with Gasteiger partial charge in [0.2, 0.25) is 0 Å². The van der Waals surface area contributed by atoms with Crippen LogP contribution in [0, 0.1) is 6.92 Å². The maximum atomic E-state index is 14.0. The van der Waals surface area contributed by atoms with E-state index in [1.807, 2.05) is 43.3 Å². The molecule has 1 spiro atoms. The number of aryl methyl sites for hydroxylation is 1. The van der Waals surface area contributed by atoms with E-state index in [1.165, 1.54) is 11.8 Å². The first kappa shape index (κ1) is 21.4. The molecule has 162 valence electrons. The van der Waals surface area contributed by atoms with Crippen LogP contribution < -0.4 is 4.90 Å². The number of nitrogens with zero attached hydrogens (tertiary/aromatic N) is 2. The molecule has 1 fully saturated rings. The lowest BCUT2D eigenvalue weighted by atomic mass is 10.0. The van der Waals surface area contributed by atoms with Crippen molar-refractivity contribution < 1.29 is 9.59 Å². The smallest absolute Gasteiger partial charge is 0.268 e. The summed E-state index contributed by atoms with van der Waals surface area (Å²) < 4.78 is 0. The number of benzene rings is 3. The number of rotatable bonds is 3. The number of thioether (sulfide) groups is 1. The fourth-order valence-corrected chi connectivity index (χ4v) is 6.21. The molecule has 0 aliphatic carbocycles. The Morgan fingerprint density at radius 1 is 1.03 bits per heavy atom. The molecule has 0 N–H and O–H groups in total. The first-order valence-corrected chi connectivity index (χ1v) is 12.0. The van der Waals surface area contributed by atoms with E-state index in [4.69, 9.17) is 23.2 Å². The fraction of sp³-hybridized carbons (Fsp3) is 0.200. The van der Waals surface area contributed by atoms with Gasteiger partial charge in [-0.2, -0.15) is 0 Å². The Morgan fingerprint density at radius 2 is 1.78 bits per heavy atom. The third kappa shape index (κ3) is 3.40. The summed E-state index contributed by atoms with van der Waals surface area (Å²) in [5.41, 5.74) is 4.21. The van der Waals surface area contributed by atoms with E-state index in [0.29, 0.717) is 34.5 Å². The molecule has 1 atom stereocenters. The molecule has 5 rings (SSSR count). The highest BCUT2D eigenvalue weighted by atomic mass is 35.5. The third-order valence-corrected chi connectivity index (χ3v) is 7.82. The highest BCUT2D eigenvalue weighted by Gasteiger charge is 2.59. The Labute approximate surface area is 201 Å². The van der Waals surface area contributed by atoms with Crippen LogP contribution in [-0.4, -0.2) is 29.0 Å². The van der Waals surface area contributed by atoms with Crippen LogP contribution in [0.15, 0.2) is 66.7 Å². The van der Waals surface area contributed by atoms with Crippen LogP contribution in [0.3, 0.4) is 0 Å². The summed E-state index contributed by atoms with van der Waals surface area (Å²) in [6, 6.07) is 20.5. The van der Waals surface area contributed by atoms with Gasteiger partial charge < -0.3 is 9.80 Å². The molecular weight excluding hydrogens is 463 g/mol. The van der Waals surface area contributed by atoms with Crippen molar-refractivity contribution in [3.05, 3.63) is 99.0 Å². The van der Waals surface area contributed by atoms with Crippen molar-refractivity contribution in [2.75, 3.05) is 17.2 Å². The van der Waals surface area contributed by atoms with Gasteiger partial charge in [-0.15, -0.1) is 11.8 Å². The van der Waals surface area contributed by atoms with E-state index in [9.17, 15) is 9.59 Å². The molecule has 2 aliphatic heterocycles. The molecule has 1 saturated heterocycles. The van der Waals surface area contributed by atoms with Crippen molar-refractivity contribution in [1.29, 1.82) is 0 Å². The Bertz CT molecular complexity index is 1230. The summed E-state index contributed by atoms with van der Waals surface area (Å²) in [5.74, 6) is 0.324. The van der Waals surface area contributed by atoms with Crippen LogP contribution in [-0.2, 0) is 16.2 Å². The predicted octanol–water partition coefficient (Wildman–Crippen LogP) is 5.89. The SMILES string of the molecule is Cc1ccc(CN2C(=O)[C@@]3(SCCN3C(=O)c3cccc(Cl)c3)c3cc(Cl)ccc32)cc1. The number of carbonyl (C=O) groups excluding carboxylic acids is 2. The van der Waals surface area contributed by atoms with Crippen LogP contribution in [0.1, 0.15) is 27.0 Å². The first-order valence-electron chi connectivity index (χ1n) is 10.3. The minimum Gasteiger partial charge on any atom is -0.311 e. The van der Waals surface area contributed by atoms with Crippen molar-refractivity contribution in [1.82, 2.24) is 4.90 Å². The van der Waals surface area contributed by atoms with Gasteiger partial charge in [-0.05, 0) is 48.9 Å². The van der Waals surface area contributed by atoms with Gasteiger partial charge in [0.05, 0.1) is 12.2 Å². The lowest BCUT2D eigenvalue weighted by Gasteiger charge is -2.33. The van der Waals surface area contributed by atoms with Gasteiger partial charge in [0, 0.05) is 33.5 Å². The molecule has 2 amide bonds. The van der Waals surface area contributed by atoms with Crippen LogP contribution in [0.25, 0.3) is 0 Å². The van der Waals surface area contributed by atoms with E-state index in [1.54, 1.807) is 40.1 Å². The molecule has 0 bridgehead atoms. The zero-order chi connectivity index (χ0) is 22.5. The average molecular weight is 483 g/mol. The summed E-state index contributed by atoms with van der Waals surface area (Å²) >= 11 is 14.0. The molecule has 0 radical (unpaired) electrons.